The van der Waals surface area contributed by atoms with Crippen molar-refractivity contribution in [2.24, 2.45) is 5.92 Å². The number of benzene rings is 2. The van der Waals surface area contributed by atoms with Crippen LogP contribution in [-0.2, 0) is 21.3 Å². The average molecular weight is 515 g/mol. The van der Waals surface area contributed by atoms with E-state index in [-0.39, 0.29) is 23.0 Å². The molecule has 36 heavy (non-hydrogen) atoms. The normalized spacial score (nSPS) is 24.6. The largest absolute Gasteiger partial charge is 0.496 e. The Balaban J connectivity index is 1.64. The third-order valence-electron chi connectivity index (χ3n) is 7.99. The standard InChI is InChI=1S/C29H42N2O4S/c1-22-12-14-25(15-13-22)36(32,33)30-19-16-23(20-24-10-7-8-11-27(24)34-6)26(30)21-35-31-28(2,3)17-9-18-29(31,4)5/h7-8,10-15,23,26H,9,16-21H2,1-6H3/t23-,26-/m1/s1. The van der Waals surface area contributed by atoms with Crippen LogP contribution in [0.2, 0.25) is 0 Å². The third-order valence-corrected chi connectivity index (χ3v) is 9.93. The molecule has 2 aliphatic rings. The Morgan fingerprint density at radius 2 is 1.61 bits per heavy atom. The molecule has 2 saturated heterocycles. The van der Waals surface area contributed by atoms with Gasteiger partial charge in [-0.3, -0.25) is 4.84 Å². The van der Waals surface area contributed by atoms with Crippen LogP contribution in [0.5, 0.6) is 5.75 Å². The van der Waals surface area contributed by atoms with Gasteiger partial charge in [0.2, 0.25) is 10.0 Å². The van der Waals surface area contributed by atoms with Crippen molar-refractivity contribution in [1.82, 2.24) is 9.37 Å². The minimum atomic E-state index is -3.65. The van der Waals surface area contributed by atoms with Crippen molar-refractivity contribution in [2.75, 3.05) is 20.3 Å². The summed E-state index contributed by atoms with van der Waals surface area (Å²) in [4.78, 5) is 6.94. The first-order valence-electron chi connectivity index (χ1n) is 13.1. The molecule has 4 rings (SSSR count). The number of para-hydroxylation sites is 1. The number of ether oxygens (including phenoxy) is 1. The monoisotopic (exact) mass is 514 g/mol. The van der Waals surface area contributed by atoms with Gasteiger partial charge in [0, 0.05) is 17.6 Å². The zero-order valence-electron chi connectivity index (χ0n) is 22.7. The molecule has 0 aliphatic carbocycles. The summed E-state index contributed by atoms with van der Waals surface area (Å²) in [7, 11) is -1.97. The molecule has 2 aromatic rings. The molecule has 0 spiro atoms. The molecule has 2 aliphatic heterocycles. The Bertz CT molecular complexity index is 1130. The van der Waals surface area contributed by atoms with Gasteiger partial charge in [-0.15, -0.1) is 0 Å². The SMILES string of the molecule is COc1ccccc1C[C@H]1CCN(S(=O)(=O)c2ccc(C)cc2)[C@@H]1CON1C(C)(C)CCCC1(C)C. The summed E-state index contributed by atoms with van der Waals surface area (Å²) in [5.41, 5.74) is 1.92. The summed E-state index contributed by atoms with van der Waals surface area (Å²) in [5, 5.41) is 2.14. The van der Waals surface area contributed by atoms with Crippen molar-refractivity contribution in [3.63, 3.8) is 0 Å². The molecule has 0 saturated carbocycles. The van der Waals surface area contributed by atoms with Gasteiger partial charge < -0.3 is 4.74 Å². The first kappa shape index (κ1) is 27.1. The van der Waals surface area contributed by atoms with E-state index in [1.165, 1.54) is 0 Å². The molecule has 198 valence electrons. The molecule has 0 amide bonds. The molecule has 2 heterocycles. The first-order valence-corrected chi connectivity index (χ1v) is 14.5. The molecule has 0 N–H and O–H groups in total. The average Bonchev–Trinajstić information content (AvgIpc) is 3.21. The lowest BCUT2D eigenvalue weighted by Gasteiger charge is -2.51. The summed E-state index contributed by atoms with van der Waals surface area (Å²) < 4.78 is 34.9. The van der Waals surface area contributed by atoms with E-state index in [0.717, 1.165) is 49.0 Å². The van der Waals surface area contributed by atoms with Crippen molar-refractivity contribution in [3.05, 3.63) is 59.7 Å². The number of hydrogen-bond donors (Lipinski definition) is 0. The van der Waals surface area contributed by atoms with Crippen LogP contribution in [0.25, 0.3) is 0 Å². The lowest BCUT2D eigenvalue weighted by atomic mass is 9.82. The molecule has 2 atom stereocenters. The van der Waals surface area contributed by atoms with Crippen molar-refractivity contribution in [3.8, 4) is 5.75 Å². The maximum absolute atomic E-state index is 13.8. The highest BCUT2D eigenvalue weighted by Crippen LogP contribution is 2.40. The van der Waals surface area contributed by atoms with E-state index in [4.69, 9.17) is 9.57 Å². The van der Waals surface area contributed by atoms with Gasteiger partial charge in [-0.2, -0.15) is 9.37 Å². The van der Waals surface area contributed by atoms with Crippen LogP contribution < -0.4 is 4.74 Å². The van der Waals surface area contributed by atoms with E-state index < -0.39 is 10.0 Å². The molecule has 2 fully saturated rings. The maximum Gasteiger partial charge on any atom is 0.243 e. The highest BCUT2D eigenvalue weighted by atomic mass is 32.2. The predicted molar refractivity (Wildman–Crippen MR) is 143 cm³/mol. The summed E-state index contributed by atoms with van der Waals surface area (Å²) in [6.07, 6.45) is 4.79. The minimum absolute atomic E-state index is 0.112. The summed E-state index contributed by atoms with van der Waals surface area (Å²) in [6, 6.07) is 14.9. The fourth-order valence-corrected chi connectivity index (χ4v) is 7.80. The number of piperidine rings is 1. The fourth-order valence-electron chi connectivity index (χ4n) is 6.12. The Morgan fingerprint density at radius 3 is 2.25 bits per heavy atom. The highest BCUT2D eigenvalue weighted by Gasteiger charge is 2.46. The molecule has 0 bridgehead atoms. The zero-order chi connectivity index (χ0) is 26.1. The van der Waals surface area contributed by atoms with Crippen LogP contribution in [0.1, 0.15) is 64.5 Å². The Hall–Kier alpha value is -1.93. The van der Waals surface area contributed by atoms with E-state index >= 15 is 0 Å². The Kier molecular flexibility index (Phi) is 7.87. The van der Waals surface area contributed by atoms with Gasteiger partial charge >= 0.3 is 0 Å². The molecule has 0 unspecified atom stereocenters. The highest BCUT2D eigenvalue weighted by molar-refractivity contribution is 7.89. The number of nitrogens with zero attached hydrogens (tertiary/aromatic N) is 2. The van der Waals surface area contributed by atoms with Gasteiger partial charge in [0.15, 0.2) is 0 Å². The lowest BCUT2D eigenvalue weighted by Crippen LogP contribution is -2.59. The van der Waals surface area contributed by atoms with Crippen LogP contribution in [0.15, 0.2) is 53.4 Å². The number of hydroxylamine groups is 2. The zero-order valence-corrected chi connectivity index (χ0v) is 23.5. The smallest absolute Gasteiger partial charge is 0.243 e. The Labute approximate surface area is 217 Å². The van der Waals surface area contributed by atoms with Gasteiger partial charge in [-0.05, 0) is 96.4 Å². The van der Waals surface area contributed by atoms with Gasteiger partial charge in [0.25, 0.3) is 0 Å². The third kappa shape index (κ3) is 5.49. The van der Waals surface area contributed by atoms with Crippen LogP contribution in [0.3, 0.4) is 0 Å². The number of aryl methyl sites for hydroxylation is 1. The summed E-state index contributed by atoms with van der Waals surface area (Å²) in [6.45, 7) is 11.7. The van der Waals surface area contributed by atoms with Crippen molar-refractivity contribution >= 4 is 10.0 Å². The van der Waals surface area contributed by atoms with Crippen molar-refractivity contribution in [1.29, 1.82) is 0 Å². The molecule has 6 nitrogen and oxygen atoms in total. The van der Waals surface area contributed by atoms with E-state index in [0.29, 0.717) is 18.0 Å². The van der Waals surface area contributed by atoms with Gasteiger partial charge in [-0.1, -0.05) is 35.9 Å². The number of sulfonamides is 1. The van der Waals surface area contributed by atoms with Crippen molar-refractivity contribution in [2.45, 2.75) is 88.7 Å². The molecule has 7 heteroatoms. The first-order chi connectivity index (χ1) is 17.0. The molecular formula is C29H42N2O4S. The maximum atomic E-state index is 13.8. The van der Waals surface area contributed by atoms with Crippen LogP contribution >= 0.6 is 0 Å². The minimum Gasteiger partial charge on any atom is -0.496 e. The lowest BCUT2D eigenvalue weighted by molar-refractivity contribution is -0.285. The van der Waals surface area contributed by atoms with Crippen LogP contribution in [0, 0.1) is 12.8 Å². The molecule has 0 radical (unpaired) electrons. The van der Waals surface area contributed by atoms with E-state index in [9.17, 15) is 8.42 Å². The van der Waals surface area contributed by atoms with Gasteiger partial charge in [0.1, 0.15) is 5.75 Å². The number of rotatable bonds is 8. The molecule has 2 aromatic carbocycles. The van der Waals surface area contributed by atoms with E-state index in [1.54, 1.807) is 23.5 Å². The van der Waals surface area contributed by atoms with Gasteiger partial charge in [-0.25, -0.2) is 8.42 Å². The topological polar surface area (TPSA) is 59.1 Å². The quantitative estimate of drug-likeness (QED) is 0.459. The van der Waals surface area contributed by atoms with Crippen LogP contribution in [-0.4, -0.2) is 55.2 Å². The Morgan fingerprint density at radius 1 is 0.972 bits per heavy atom. The molecular weight excluding hydrogens is 472 g/mol. The summed E-state index contributed by atoms with van der Waals surface area (Å²) in [5.74, 6) is 0.966. The van der Waals surface area contributed by atoms with Gasteiger partial charge in [0.05, 0.1) is 24.7 Å². The second-order valence-corrected chi connectivity index (χ2v) is 13.5. The second-order valence-electron chi connectivity index (χ2n) is 11.6. The van der Waals surface area contributed by atoms with Crippen molar-refractivity contribution < 1.29 is 18.0 Å². The summed E-state index contributed by atoms with van der Waals surface area (Å²) >= 11 is 0. The predicted octanol–water partition coefficient (Wildman–Crippen LogP) is 5.60. The number of methoxy groups -OCH3 is 1. The fraction of sp³-hybridized carbons (Fsp3) is 0.586. The second kappa shape index (κ2) is 10.4. The molecule has 0 aromatic heterocycles. The van der Waals surface area contributed by atoms with E-state index in [2.05, 4.69) is 38.8 Å². The number of hydrogen-bond acceptors (Lipinski definition) is 5. The van der Waals surface area contributed by atoms with Crippen LogP contribution in [0.4, 0.5) is 0 Å². The van der Waals surface area contributed by atoms with E-state index in [1.807, 2.05) is 37.3 Å².